The maximum Gasteiger partial charge on any atom is 0.315 e. The standard InChI is InChI=1S/C22H29N5O2/c1-16(2)26-22(29)25-13-17-5-8-19(9-6-17)21(28)24-15-18-7-10-20(23-14-18)27-11-3-4-12-27/h5-10,14,16H,3-4,11-13,15H2,1-2H3,(H,24,28)(H2,25,26,29). The fourth-order valence-electron chi connectivity index (χ4n) is 3.21. The number of nitrogens with zero attached hydrogens (tertiary/aromatic N) is 2. The first-order valence-electron chi connectivity index (χ1n) is 10.1. The van der Waals surface area contributed by atoms with Crippen LogP contribution in [-0.2, 0) is 13.1 Å². The number of hydrogen-bond donors (Lipinski definition) is 3. The number of aromatic nitrogens is 1. The quantitative estimate of drug-likeness (QED) is 0.673. The number of anilines is 1. The molecule has 0 radical (unpaired) electrons. The lowest BCUT2D eigenvalue weighted by atomic mass is 10.1. The smallest absolute Gasteiger partial charge is 0.315 e. The van der Waals surface area contributed by atoms with E-state index in [1.54, 1.807) is 12.1 Å². The molecule has 3 N–H and O–H groups in total. The minimum Gasteiger partial charge on any atom is -0.357 e. The molecule has 1 aromatic carbocycles. The number of hydrogen-bond acceptors (Lipinski definition) is 4. The molecule has 0 aliphatic carbocycles. The van der Waals surface area contributed by atoms with Crippen molar-refractivity contribution in [3.8, 4) is 0 Å². The van der Waals surface area contributed by atoms with Crippen molar-refractivity contribution in [3.05, 3.63) is 59.3 Å². The van der Waals surface area contributed by atoms with Gasteiger partial charge in [-0.05, 0) is 56.0 Å². The second-order valence-electron chi connectivity index (χ2n) is 7.58. The summed E-state index contributed by atoms with van der Waals surface area (Å²) in [7, 11) is 0. The van der Waals surface area contributed by atoms with Gasteiger partial charge in [0.15, 0.2) is 0 Å². The Balaban J connectivity index is 1.46. The first-order chi connectivity index (χ1) is 14.0. The molecule has 1 aliphatic rings. The van der Waals surface area contributed by atoms with Crippen LogP contribution >= 0.6 is 0 Å². The molecule has 7 nitrogen and oxygen atoms in total. The predicted octanol–water partition coefficient (Wildman–Crippen LogP) is 2.82. The summed E-state index contributed by atoms with van der Waals surface area (Å²) < 4.78 is 0. The normalized spacial score (nSPS) is 13.4. The fourth-order valence-corrected chi connectivity index (χ4v) is 3.21. The molecule has 0 bridgehead atoms. The molecule has 3 amide bonds. The molecule has 0 unspecified atom stereocenters. The largest absolute Gasteiger partial charge is 0.357 e. The SMILES string of the molecule is CC(C)NC(=O)NCc1ccc(C(=O)NCc2ccc(N3CCCC3)nc2)cc1. The van der Waals surface area contributed by atoms with Crippen LogP contribution < -0.4 is 20.9 Å². The molecule has 2 heterocycles. The number of carbonyl (C=O) groups is 2. The second kappa shape index (κ2) is 9.91. The minimum absolute atomic E-state index is 0.0905. The lowest BCUT2D eigenvalue weighted by molar-refractivity contribution is 0.0951. The summed E-state index contributed by atoms with van der Waals surface area (Å²) in [5.74, 6) is 0.870. The van der Waals surface area contributed by atoms with E-state index in [0.717, 1.165) is 30.0 Å². The van der Waals surface area contributed by atoms with E-state index in [2.05, 4.69) is 25.8 Å². The Morgan fingerprint density at radius 2 is 1.62 bits per heavy atom. The number of carbonyl (C=O) groups excluding carboxylic acids is 2. The van der Waals surface area contributed by atoms with Crippen LogP contribution in [0, 0.1) is 0 Å². The highest BCUT2D eigenvalue weighted by Crippen LogP contribution is 2.17. The van der Waals surface area contributed by atoms with Gasteiger partial charge in [-0.25, -0.2) is 9.78 Å². The third kappa shape index (κ3) is 6.20. The van der Waals surface area contributed by atoms with Crippen molar-refractivity contribution in [2.24, 2.45) is 0 Å². The zero-order chi connectivity index (χ0) is 20.6. The number of pyridine rings is 1. The van der Waals surface area contributed by atoms with Crippen molar-refractivity contribution >= 4 is 17.8 Å². The molecule has 2 aromatic rings. The van der Waals surface area contributed by atoms with Crippen LogP contribution in [0.1, 0.15) is 48.2 Å². The molecule has 0 saturated carbocycles. The van der Waals surface area contributed by atoms with Gasteiger partial charge in [-0.1, -0.05) is 18.2 Å². The summed E-state index contributed by atoms with van der Waals surface area (Å²) in [6.07, 6.45) is 4.27. The van der Waals surface area contributed by atoms with Gasteiger partial charge in [0.25, 0.3) is 5.91 Å². The van der Waals surface area contributed by atoms with Crippen molar-refractivity contribution in [2.75, 3.05) is 18.0 Å². The zero-order valence-corrected chi connectivity index (χ0v) is 17.1. The molecule has 0 spiro atoms. The Bertz CT molecular complexity index is 812. The van der Waals surface area contributed by atoms with Crippen LogP contribution in [0.5, 0.6) is 0 Å². The van der Waals surface area contributed by atoms with Crippen LogP contribution in [0.3, 0.4) is 0 Å². The van der Waals surface area contributed by atoms with E-state index in [4.69, 9.17) is 0 Å². The Kier molecular flexibility index (Phi) is 7.05. The first-order valence-corrected chi connectivity index (χ1v) is 10.1. The van der Waals surface area contributed by atoms with Crippen LogP contribution in [0.4, 0.5) is 10.6 Å². The van der Waals surface area contributed by atoms with Crippen LogP contribution in [-0.4, -0.2) is 36.1 Å². The van der Waals surface area contributed by atoms with E-state index in [0.29, 0.717) is 18.7 Å². The first kappa shape index (κ1) is 20.6. The Morgan fingerprint density at radius 1 is 0.966 bits per heavy atom. The van der Waals surface area contributed by atoms with Crippen molar-refractivity contribution in [2.45, 2.75) is 45.8 Å². The summed E-state index contributed by atoms with van der Waals surface area (Å²) in [6, 6.07) is 11.1. The van der Waals surface area contributed by atoms with Crippen molar-refractivity contribution in [3.63, 3.8) is 0 Å². The van der Waals surface area contributed by atoms with E-state index in [9.17, 15) is 9.59 Å². The zero-order valence-electron chi connectivity index (χ0n) is 17.1. The fraction of sp³-hybridized carbons (Fsp3) is 0.409. The van der Waals surface area contributed by atoms with E-state index in [-0.39, 0.29) is 18.0 Å². The third-order valence-electron chi connectivity index (χ3n) is 4.78. The van der Waals surface area contributed by atoms with E-state index in [1.165, 1.54) is 12.8 Å². The lowest BCUT2D eigenvalue weighted by Crippen LogP contribution is -2.39. The van der Waals surface area contributed by atoms with Crippen LogP contribution in [0.2, 0.25) is 0 Å². The van der Waals surface area contributed by atoms with Crippen molar-refractivity contribution in [1.82, 2.24) is 20.9 Å². The van der Waals surface area contributed by atoms with E-state index < -0.39 is 0 Å². The molecule has 29 heavy (non-hydrogen) atoms. The molecule has 1 aliphatic heterocycles. The van der Waals surface area contributed by atoms with Crippen molar-refractivity contribution in [1.29, 1.82) is 0 Å². The average molecular weight is 396 g/mol. The average Bonchev–Trinajstić information content (AvgIpc) is 3.26. The molecule has 1 saturated heterocycles. The lowest BCUT2D eigenvalue weighted by Gasteiger charge is -2.16. The monoisotopic (exact) mass is 395 g/mol. The highest BCUT2D eigenvalue weighted by molar-refractivity contribution is 5.94. The Labute approximate surface area is 171 Å². The molecule has 3 rings (SSSR count). The van der Waals surface area contributed by atoms with Gasteiger partial charge in [-0.3, -0.25) is 4.79 Å². The predicted molar refractivity (Wildman–Crippen MR) is 114 cm³/mol. The molecule has 1 fully saturated rings. The summed E-state index contributed by atoms with van der Waals surface area (Å²) in [5, 5.41) is 8.48. The minimum atomic E-state index is -0.203. The molecule has 7 heteroatoms. The molecule has 1 aromatic heterocycles. The second-order valence-corrected chi connectivity index (χ2v) is 7.58. The van der Waals surface area contributed by atoms with Gasteiger partial charge in [0, 0.05) is 44.0 Å². The number of urea groups is 1. The maximum atomic E-state index is 12.4. The number of nitrogens with one attached hydrogen (secondary N) is 3. The van der Waals surface area contributed by atoms with E-state index in [1.807, 2.05) is 44.3 Å². The number of amides is 3. The Hall–Kier alpha value is -3.09. The molecule has 154 valence electrons. The van der Waals surface area contributed by atoms with Gasteiger partial charge < -0.3 is 20.9 Å². The van der Waals surface area contributed by atoms with E-state index >= 15 is 0 Å². The third-order valence-corrected chi connectivity index (χ3v) is 4.78. The number of benzene rings is 1. The summed E-state index contributed by atoms with van der Waals surface area (Å²) in [4.78, 5) is 30.8. The van der Waals surface area contributed by atoms with Crippen molar-refractivity contribution < 1.29 is 9.59 Å². The highest BCUT2D eigenvalue weighted by atomic mass is 16.2. The topological polar surface area (TPSA) is 86.4 Å². The highest BCUT2D eigenvalue weighted by Gasteiger charge is 2.13. The van der Waals surface area contributed by atoms with Gasteiger partial charge >= 0.3 is 6.03 Å². The van der Waals surface area contributed by atoms with Crippen LogP contribution in [0.25, 0.3) is 0 Å². The summed E-state index contributed by atoms with van der Waals surface area (Å²) in [6.45, 7) is 6.80. The van der Waals surface area contributed by atoms with Gasteiger partial charge in [0.05, 0.1) is 0 Å². The Morgan fingerprint density at radius 3 is 2.24 bits per heavy atom. The van der Waals surface area contributed by atoms with Crippen LogP contribution in [0.15, 0.2) is 42.6 Å². The maximum absolute atomic E-state index is 12.4. The molecular formula is C22H29N5O2. The number of rotatable bonds is 7. The molecule has 0 atom stereocenters. The van der Waals surface area contributed by atoms with Gasteiger partial charge in [0.2, 0.25) is 0 Å². The summed E-state index contributed by atoms with van der Waals surface area (Å²) in [5.41, 5.74) is 2.49. The van der Waals surface area contributed by atoms with Gasteiger partial charge in [-0.2, -0.15) is 0 Å². The van der Waals surface area contributed by atoms with Gasteiger partial charge in [0.1, 0.15) is 5.82 Å². The van der Waals surface area contributed by atoms with Gasteiger partial charge in [-0.15, -0.1) is 0 Å². The molecular weight excluding hydrogens is 366 g/mol. The summed E-state index contributed by atoms with van der Waals surface area (Å²) >= 11 is 0.